The Kier molecular flexibility index (Phi) is 7.51. The van der Waals surface area contributed by atoms with E-state index in [1.807, 2.05) is 6.92 Å². The number of rotatable bonds is 6. The number of carboxylic acid groups (broad SMARTS) is 2. The maximum absolute atomic E-state index is 12.5. The van der Waals surface area contributed by atoms with Crippen LogP contribution >= 0.6 is 11.8 Å². The van der Waals surface area contributed by atoms with Crippen molar-refractivity contribution in [3.63, 3.8) is 0 Å². The summed E-state index contributed by atoms with van der Waals surface area (Å²) in [6, 6.07) is 0.629. The molecule has 1 amide bonds. The predicted molar refractivity (Wildman–Crippen MR) is 166 cm³/mol. The van der Waals surface area contributed by atoms with Gasteiger partial charge in [-0.3, -0.25) is 9.59 Å². The number of carboxylic acids is 2. The summed E-state index contributed by atoms with van der Waals surface area (Å²) in [5, 5.41) is 43.9. The van der Waals surface area contributed by atoms with E-state index in [4.69, 9.17) is 0 Å². The largest absolute Gasteiger partial charge is 0.504 e. The molecular formula is C34H47NO7S. The number of phenolic OH excluding ortho intramolecular Hbond substituents is 2. The molecule has 5 N–H and O–H groups in total. The number of benzene rings is 1. The van der Waals surface area contributed by atoms with Crippen molar-refractivity contribution in [2.75, 3.05) is 5.75 Å². The van der Waals surface area contributed by atoms with Crippen molar-refractivity contribution in [3.8, 4) is 11.5 Å². The fourth-order valence-corrected chi connectivity index (χ4v) is 11.0. The lowest BCUT2D eigenvalue weighted by molar-refractivity contribution is -0.177. The molecule has 0 spiro atoms. The molecule has 0 radical (unpaired) electrons. The van der Waals surface area contributed by atoms with Crippen LogP contribution in [0, 0.1) is 34.5 Å². The lowest BCUT2D eigenvalue weighted by atomic mass is 9.34. The third-order valence-corrected chi connectivity index (χ3v) is 14.0. The minimum Gasteiger partial charge on any atom is -0.504 e. The Balaban J connectivity index is 1.64. The zero-order valence-corrected chi connectivity index (χ0v) is 27.3. The van der Waals surface area contributed by atoms with Gasteiger partial charge in [-0.05, 0) is 104 Å². The van der Waals surface area contributed by atoms with Gasteiger partial charge in [-0.25, -0.2) is 4.79 Å². The Morgan fingerprint density at radius 3 is 2.26 bits per heavy atom. The Morgan fingerprint density at radius 2 is 1.65 bits per heavy atom. The van der Waals surface area contributed by atoms with Gasteiger partial charge in [0.05, 0.1) is 5.41 Å². The van der Waals surface area contributed by atoms with Gasteiger partial charge in [0, 0.05) is 23.3 Å². The second-order valence-corrected chi connectivity index (χ2v) is 16.3. The minimum atomic E-state index is -1.11. The van der Waals surface area contributed by atoms with Gasteiger partial charge in [-0.15, -0.1) is 11.8 Å². The monoisotopic (exact) mass is 613 g/mol. The molecule has 0 aliphatic heterocycles. The molecule has 4 aliphatic rings. The van der Waals surface area contributed by atoms with E-state index < -0.39 is 34.7 Å². The summed E-state index contributed by atoms with van der Waals surface area (Å²) in [7, 11) is 0. The zero-order chi connectivity index (χ0) is 31.9. The van der Waals surface area contributed by atoms with Gasteiger partial charge in [-0.1, -0.05) is 39.3 Å². The molecule has 236 valence electrons. The van der Waals surface area contributed by atoms with Crippen LogP contribution in [0.15, 0.2) is 17.7 Å². The molecule has 43 heavy (non-hydrogen) atoms. The van der Waals surface area contributed by atoms with Crippen LogP contribution < -0.4 is 5.32 Å². The van der Waals surface area contributed by atoms with Crippen molar-refractivity contribution in [2.24, 2.45) is 27.6 Å². The first-order valence-electron chi connectivity index (χ1n) is 15.5. The molecule has 1 aromatic carbocycles. The first-order valence-corrected chi connectivity index (χ1v) is 16.5. The first-order chi connectivity index (χ1) is 19.8. The fourth-order valence-electron chi connectivity index (χ4n) is 9.64. The standard InChI is InChI=1S/C34H47NO7S/c1-18-26-20(14-22(37)27(18)38)32(5)11-13-34(7)25-16-31(4,29(41)42)9-8-30(25,3)10-12-33(34,6)24(32)15-23(26)43-17-21(28(39)40)35-19(2)36/h14-15,21,23,25,37-38H,8-13,16-17H2,1-7H3,(H,35,36)(H,39,40)(H,41,42)/t21?,23-,25?,30-,31-,32+,33-,34+/m1/s1. The molecule has 0 saturated heterocycles. The number of hydrogen-bond donors (Lipinski definition) is 5. The van der Waals surface area contributed by atoms with E-state index in [-0.39, 0.29) is 44.7 Å². The van der Waals surface area contributed by atoms with Crippen molar-refractivity contribution in [1.29, 1.82) is 0 Å². The SMILES string of the molecule is CC(=O)NC(CS[C@@H]1C=C2[C@@](C)(CC[C@@]3(C)C4C[C@](C)(C(=O)O)CC[C@]4(C)CC[C@]23C)c2cc(O)c(O)c(C)c21)C(=O)O. The van der Waals surface area contributed by atoms with E-state index >= 15 is 0 Å². The summed E-state index contributed by atoms with van der Waals surface area (Å²) in [6.45, 7) is 14.3. The van der Waals surface area contributed by atoms with Crippen LogP contribution in [0.1, 0.15) is 108 Å². The second kappa shape index (κ2) is 10.2. The van der Waals surface area contributed by atoms with Crippen molar-refractivity contribution in [1.82, 2.24) is 5.32 Å². The van der Waals surface area contributed by atoms with Crippen LogP contribution in [0.25, 0.3) is 0 Å². The third kappa shape index (κ3) is 4.58. The number of carbonyl (C=O) groups excluding carboxylic acids is 1. The summed E-state index contributed by atoms with van der Waals surface area (Å²) >= 11 is 1.42. The number of aliphatic carboxylic acids is 2. The molecule has 0 aromatic heterocycles. The quantitative estimate of drug-likeness (QED) is 0.182. The molecule has 0 heterocycles. The molecule has 9 heteroatoms. The number of phenols is 2. The number of allylic oxidation sites excluding steroid dienone is 1. The minimum absolute atomic E-state index is 0.0615. The van der Waals surface area contributed by atoms with Crippen LogP contribution in [-0.4, -0.2) is 50.1 Å². The summed E-state index contributed by atoms with van der Waals surface area (Å²) in [4.78, 5) is 36.2. The summed E-state index contributed by atoms with van der Waals surface area (Å²) in [5.41, 5.74) is 2.15. The van der Waals surface area contributed by atoms with Gasteiger partial charge in [-0.2, -0.15) is 0 Å². The summed E-state index contributed by atoms with van der Waals surface area (Å²) in [6.07, 6.45) is 8.21. The Hall–Kier alpha value is -2.68. The van der Waals surface area contributed by atoms with Crippen molar-refractivity contribution < 1.29 is 34.8 Å². The number of fused-ring (bicyclic) bond motifs is 7. The van der Waals surface area contributed by atoms with Crippen molar-refractivity contribution in [3.05, 3.63) is 34.4 Å². The molecule has 8 nitrogen and oxygen atoms in total. The molecule has 2 unspecified atom stereocenters. The van der Waals surface area contributed by atoms with E-state index in [0.29, 0.717) is 18.4 Å². The number of amides is 1. The number of hydrogen-bond acceptors (Lipinski definition) is 6. The lowest BCUT2D eigenvalue weighted by Crippen LogP contribution is -2.62. The average molecular weight is 614 g/mol. The normalized spacial score (nSPS) is 38.8. The maximum atomic E-state index is 12.5. The molecule has 8 atom stereocenters. The smallest absolute Gasteiger partial charge is 0.327 e. The fraction of sp³-hybridized carbons (Fsp3) is 0.676. The number of nitrogens with one attached hydrogen (secondary N) is 1. The van der Waals surface area contributed by atoms with Crippen LogP contribution in [0.4, 0.5) is 0 Å². The highest BCUT2D eigenvalue weighted by Gasteiger charge is 2.67. The van der Waals surface area contributed by atoms with E-state index in [1.165, 1.54) is 24.3 Å². The van der Waals surface area contributed by atoms with Crippen LogP contribution in [-0.2, 0) is 19.8 Å². The third-order valence-electron chi connectivity index (χ3n) is 12.7. The highest BCUT2D eigenvalue weighted by atomic mass is 32.2. The van der Waals surface area contributed by atoms with Crippen LogP contribution in [0.5, 0.6) is 11.5 Å². The molecule has 3 saturated carbocycles. The van der Waals surface area contributed by atoms with Crippen molar-refractivity contribution >= 4 is 29.6 Å². The van der Waals surface area contributed by atoms with E-state index in [9.17, 15) is 34.8 Å². The average Bonchev–Trinajstić information content (AvgIpc) is 2.92. The zero-order valence-electron chi connectivity index (χ0n) is 26.5. The number of thioether (sulfide) groups is 1. The first kappa shape index (κ1) is 31.7. The maximum Gasteiger partial charge on any atom is 0.327 e. The predicted octanol–water partition coefficient (Wildman–Crippen LogP) is 6.47. The van der Waals surface area contributed by atoms with Gasteiger partial charge in [0.15, 0.2) is 11.5 Å². The Labute approximate surface area is 258 Å². The second-order valence-electron chi connectivity index (χ2n) is 15.1. The Bertz CT molecular complexity index is 1420. The Morgan fingerprint density at radius 1 is 1.00 bits per heavy atom. The highest BCUT2D eigenvalue weighted by Crippen LogP contribution is 2.75. The molecule has 0 bridgehead atoms. The molecule has 4 aliphatic carbocycles. The molecule has 3 fully saturated rings. The van der Waals surface area contributed by atoms with Gasteiger partial charge < -0.3 is 25.7 Å². The van der Waals surface area contributed by atoms with E-state index in [1.54, 1.807) is 13.0 Å². The van der Waals surface area contributed by atoms with Crippen LogP contribution in [0.3, 0.4) is 0 Å². The van der Waals surface area contributed by atoms with Crippen LogP contribution in [0.2, 0.25) is 0 Å². The van der Waals surface area contributed by atoms with Crippen molar-refractivity contribution in [2.45, 2.75) is 110 Å². The number of aromatic hydroxyl groups is 2. The van der Waals surface area contributed by atoms with E-state index in [2.05, 4.69) is 39.1 Å². The highest BCUT2D eigenvalue weighted by molar-refractivity contribution is 7.99. The summed E-state index contributed by atoms with van der Waals surface area (Å²) < 4.78 is 0. The van der Waals surface area contributed by atoms with Gasteiger partial charge in [0.1, 0.15) is 6.04 Å². The lowest BCUT2D eigenvalue weighted by Gasteiger charge is -2.70. The number of carbonyl (C=O) groups is 3. The van der Waals surface area contributed by atoms with E-state index in [0.717, 1.165) is 43.2 Å². The van der Waals surface area contributed by atoms with Gasteiger partial charge >= 0.3 is 11.9 Å². The molecule has 1 aromatic rings. The van der Waals surface area contributed by atoms with Gasteiger partial charge in [0.2, 0.25) is 5.91 Å². The molecule has 5 rings (SSSR count). The summed E-state index contributed by atoms with van der Waals surface area (Å²) in [5.74, 6) is -2.22. The van der Waals surface area contributed by atoms with Gasteiger partial charge in [0.25, 0.3) is 0 Å². The molecular weight excluding hydrogens is 566 g/mol. The topological polar surface area (TPSA) is 144 Å².